The molecule has 190 valence electrons. The molecule has 4 aliphatic carbocycles. The fraction of sp³-hybridized carbons (Fsp3) is 0.938. The van der Waals surface area contributed by atoms with Gasteiger partial charge in [0, 0.05) is 6.04 Å². The number of fused-ring (bicyclic) bond motifs is 5. The molecular formula is C32H57N. The minimum atomic E-state index is 0.507. The lowest BCUT2D eigenvalue weighted by Gasteiger charge is -2.58. The zero-order valence-corrected chi connectivity index (χ0v) is 23.2. The van der Waals surface area contributed by atoms with E-state index in [0.29, 0.717) is 10.8 Å². The maximum Gasteiger partial charge on any atom is 0.0105 e. The molecule has 0 aromatic rings. The Morgan fingerprint density at radius 2 is 1.76 bits per heavy atom. The Labute approximate surface area is 207 Å². The van der Waals surface area contributed by atoms with Crippen LogP contribution in [0.1, 0.15) is 131 Å². The van der Waals surface area contributed by atoms with Gasteiger partial charge in [-0.1, -0.05) is 85.3 Å². The predicted octanol–water partition coefficient (Wildman–Crippen LogP) is 9.18. The third-order valence-electron chi connectivity index (χ3n) is 11.5. The van der Waals surface area contributed by atoms with Crippen LogP contribution in [0.15, 0.2) is 11.6 Å². The smallest absolute Gasteiger partial charge is 0.0105 e. The number of nitrogens with one attached hydrogen (secondary N) is 1. The van der Waals surface area contributed by atoms with Crippen molar-refractivity contribution in [3.05, 3.63) is 11.6 Å². The molecule has 0 aromatic carbocycles. The van der Waals surface area contributed by atoms with Crippen LogP contribution in [0.5, 0.6) is 0 Å². The molecule has 33 heavy (non-hydrogen) atoms. The van der Waals surface area contributed by atoms with Crippen molar-refractivity contribution in [3.8, 4) is 0 Å². The van der Waals surface area contributed by atoms with Crippen LogP contribution in [0, 0.1) is 46.3 Å². The lowest BCUT2D eigenvalue weighted by molar-refractivity contribution is -0.0514. The number of allylic oxidation sites excluding steroid dienone is 1. The molecule has 8 atom stereocenters. The van der Waals surface area contributed by atoms with E-state index in [4.69, 9.17) is 0 Å². The van der Waals surface area contributed by atoms with E-state index < -0.39 is 0 Å². The average molecular weight is 456 g/mol. The summed E-state index contributed by atoms with van der Waals surface area (Å²) in [4.78, 5) is 0. The summed E-state index contributed by atoms with van der Waals surface area (Å²) in [5, 5.41) is 3.92. The molecule has 0 radical (unpaired) electrons. The molecule has 4 rings (SSSR count). The van der Waals surface area contributed by atoms with E-state index in [0.717, 1.165) is 41.5 Å². The normalized spacial score (nSPS) is 41.3. The van der Waals surface area contributed by atoms with Crippen LogP contribution in [-0.2, 0) is 0 Å². The Morgan fingerprint density at radius 1 is 0.939 bits per heavy atom. The van der Waals surface area contributed by atoms with Gasteiger partial charge in [0.25, 0.3) is 0 Å². The van der Waals surface area contributed by atoms with E-state index in [-0.39, 0.29) is 0 Å². The molecule has 0 aliphatic heterocycles. The summed E-state index contributed by atoms with van der Waals surface area (Å²) < 4.78 is 0. The van der Waals surface area contributed by atoms with E-state index >= 15 is 0 Å². The molecule has 3 fully saturated rings. The highest BCUT2D eigenvalue weighted by Crippen LogP contribution is 2.67. The van der Waals surface area contributed by atoms with Crippen molar-refractivity contribution in [2.75, 3.05) is 6.54 Å². The van der Waals surface area contributed by atoms with Crippen LogP contribution in [0.25, 0.3) is 0 Å². The minimum Gasteiger partial charge on any atom is -0.314 e. The molecule has 1 nitrogen and oxygen atoms in total. The topological polar surface area (TPSA) is 12.0 Å². The van der Waals surface area contributed by atoms with Crippen LogP contribution >= 0.6 is 0 Å². The maximum atomic E-state index is 3.92. The van der Waals surface area contributed by atoms with Gasteiger partial charge in [-0.05, 0) is 111 Å². The molecule has 0 aromatic heterocycles. The molecule has 1 heteroatoms. The Balaban J connectivity index is 1.40. The number of unbranched alkanes of at least 4 members (excludes halogenated alkanes) is 2. The quantitative estimate of drug-likeness (QED) is 0.256. The van der Waals surface area contributed by atoms with E-state index in [1.54, 1.807) is 0 Å². The fourth-order valence-electron chi connectivity index (χ4n) is 9.54. The molecule has 0 amide bonds. The first kappa shape index (κ1) is 25.8. The second-order valence-corrected chi connectivity index (χ2v) is 13.9. The minimum absolute atomic E-state index is 0.507. The van der Waals surface area contributed by atoms with E-state index in [2.05, 4.69) is 52.9 Å². The van der Waals surface area contributed by atoms with Crippen molar-refractivity contribution < 1.29 is 0 Å². The molecule has 0 bridgehead atoms. The van der Waals surface area contributed by atoms with Crippen LogP contribution < -0.4 is 5.32 Å². The zero-order valence-electron chi connectivity index (χ0n) is 23.2. The van der Waals surface area contributed by atoms with Crippen LogP contribution in [0.3, 0.4) is 0 Å². The molecule has 4 unspecified atom stereocenters. The summed E-state index contributed by atoms with van der Waals surface area (Å²) in [6.07, 6.45) is 22.8. The summed E-state index contributed by atoms with van der Waals surface area (Å²) in [5.74, 6) is 5.70. The van der Waals surface area contributed by atoms with Gasteiger partial charge in [-0.25, -0.2) is 0 Å². The Bertz CT molecular complexity index is 663. The first-order valence-electron chi connectivity index (χ1n) is 15.2. The molecule has 0 spiro atoms. The summed E-state index contributed by atoms with van der Waals surface area (Å²) >= 11 is 0. The fourth-order valence-corrected chi connectivity index (χ4v) is 9.54. The van der Waals surface area contributed by atoms with Gasteiger partial charge in [0.1, 0.15) is 0 Å². The van der Waals surface area contributed by atoms with Gasteiger partial charge in [0.05, 0.1) is 0 Å². The third-order valence-corrected chi connectivity index (χ3v) is 11.5. The molecule has 0 saturated heterocycles. The Kier molecular flexibility index (Phi) is 8.40. The second kappa shape index (κ2) is 10.8. The highest BCUT2D eigenvalue weighted by atomic mass is 14.9. The number of hydrogen-bond donors (Lipinski definition) is 1. The summed E-state index contributed by atoms with van der Waals surface area (Å²) in [6, 6.07) is 0.745. The number of rotatable bonds is 10. The monoisotopic (exact) mass is 455 g/mol. The lowest BCUT2D eigenvalue weighted by atomic mass is 9.47. The zero-order chi connectivity index (χ0) is 23.6. The van der Waals surface area contributed by atoms with Crippen molar-refractivity contribution in [2.45, 2.75) is 137 Å². The molecular weight excluding hydrogens is 398 g/mol. The van der Waals surface area contributed by atoms with Gasteiger partial charge in [-0.3, -0.25) is 0 Å². The lowest BCUT2D eigenvalue weighted by Crippen LogP contribution is -2.51. The highest BCUT2D eigenvalue weighted by Gasteiger charge is 2.59. The van der Waals surface area contributed by atoms with Crippen LogP contribution in [-0.4, -0.2) is 12.6 Å². The Hall–Kier alpha value is -0.300. The highest BCUT2D eigenvalue weighted by molar-refractivity contribution is 5.26. The average Bonchev–Trinajstić information content (AvgIpc) is 3.14. The van der Waals surface area contributed by atoms with E-state index in [9.17, 15) is 0 Å². The number of hydrogen-bond acceptors (Lipinski definition) is 1. The van der Waals surface area contributed by atoms with Crippen molar-refractivity contribution in [2.24, 2.45) is 46.3 Å². The van der Waals surface area contributed by atoms with Gasteiger partial charge in [0.2, 0.25) is 0 Å². The molecule has 1 N–H and O–H groups in total. The standard InChI is InChI=1S/C32H57N/c1-7-8-9-21-33-26-17-19-31(5)25(22-26)13-14-27-29-16-15-28(24(4)12-10-11-23(2)3)32(29,6)20-18-30(27)31/h13,23-24,26-30,33H,7-12,14-22H2,1-6H3/t24-,26+,27-,28?,29+,30?,31?,32?/m1/s1. The largest absolute Gasteiger partial charge is 0.314 e. The van der Waals surface area contributed by atoms with Gasteiger partial charge >= 0.3 is 0 Å². The summed E-state index contributed by atoms with van der Waals surface area (Å²) in [6.45, 7) is 16.4. The van der Waals surface area contributed by atoms with E-state index in [1.807, 2.05) is 5.57 Å². The van der Waals surface area contributed by atoms with Crippen LogP contribution in [0.2, 0.25) is 0 Å². The van der Waals surface area contributed by atoms with E-state index in [1.165, 1.54) is 96.4 Å². The summed E-state index contributed by atoms with van der Waals surface area (Å²) in [7, 11) is 0. The van der Waals surface area contributed by atoms with Crippen molar-refractivity contribution in [1.82, 2.24) is 5.32 Å². The van der Waals surface area contributed by atoms with Crippen LogP contribution in [0.4, 0.5) is 0 Å². The third kappa shape index (κ3) is 5.15. The van der Waals surface area contributed by atoms with Gasteiger partial charge in [-0.2, -0.15) is 0 Å². The van der Waals surface area contributed by atoms with Crippen molar-refractivity contribution in [1.29, 1.82) is 0 Å². The van der Waals surface area contributed by atoms with Gasteiger partial charge < -0.3 is 5.32 Å². The maximum absolute atomic E-state index is 3.92. The molecule has 3 saturated carbocycles. The molecule has 0 heterocycles. The first-order chi connectivity index (χ1) is 15.8. The predicted molar refractivity (Wildman–Crippen MR) is 144 cm³/mol. The second-order valence-electron chi connectivity index (χ2n) is 13.9. The van der Waals surface area contributed by atoms with Crippen molar-refractivity contribution >= 4 is 0 Å². The Morgan fingerprint density at radius 3 is 2.52 bits per heavy atom. The first-order valence-corrected chi connectivity index (χ1v) is 15.2. The van der Waals surface area contributed by atoms with Gasteiger partial charge in [-0.15, -0.1) is 0 Å². The summed E-state index contributed by atoms with van der Waals surface area (Å²) in [5.41, 5.74) is 2.98. The van der Waals surface area contributed by atoms with Crippen molar-refractivity contribution in [3.63, 3.8) is 0 Å². The van der Waals surface area contributed by atoms with Gasteiger partial charge in [0.15, 0.2) is 0 Å². The molecule has 4 aliphatic rings. The SMILES string of the molecule is CCCCCN[C@H]1CCC2(C)C(=CC[C@H]3C2CCC2(C)C([C@H](C)CCCC(C)C)CC[C@@H]32)C1.